The topological polar surface area (TPSA) is 3.24 Å². The zero-order chi connectivity index (χ0) is 17.5. The highest BCUT2D eigenvalue weighted by Gasteiger charge is 2.34. The van der Waals surface area contributed by atoms with Crippen molar-refractivity contribution in [3.63, 3.8) is 0 Å². The third-order valence-corrected chi connectivity index (χ3v) is 7.00. The van der Waals surface area contributed by atoms with Gasteiger partial charge in [0.25, 0.3) is 0 Å². The van der Waals surface area contributed by atoms with E-state index >= 15 is 0 Å². The van der Waals surface area contributed by atoms with Crippen molar-refractivity contribution < 1.29 is 0 Å². The lowest BCUT2D eigenvalue weighted by atomic mass is 9.74. The Bertz CT molecular complexity index is 875. The standard InChI is InChI=1S/C25H29N/c1-18-5-4-14-26(18)25-13-12-23-16-22(10-11-24(23)17-25)21-9-8-19-6-2-3-7-20(19)15-21/h2-3,6-11,15,18,23,25H,4-5,12-14,16-17H2,1H3. The molecule has 0 N–H and O–H groups in total. The molecule has 1 saturated heterocycles. The Morgan fingerprint density at radius 2 is 1.77 bits per heavy atom. The predicted molar refractivity (Wildman–Crippen MR) is 111 cm³/mol. The number of likely N-dealkylation sites (tertiary alicyclic amines) is 1. The Hall–Kier alpha value is -1.86. The molecule has 0 radical (unpaired) electrons. The zero-order valence-electron chi connectivity index (χ0n) is 15.8. The maximum Gasteiger partial charge on any atom is 0.0136 e. The molecule has 0 aromatic heterocycles. The van der Waals surface area contributed by atoms with Crippen molar-refractivity contribution in [3.8, 4) is 0 Å². The van der Waals surface area contributed by atoms with Crippen LogP contribution < -0.4 is 0 Å². The molecular formula is C25H29N. The summed E-state index contributed by atoms with van der Waals surface area (Å²) in [4.78, 5) is 2.79. The van der Waals surface area contributed by atoms with Gasteiger partial charge in [-0.15, -0.1) is 0 Å². The molecule has 2 aromatic rings. The summed E-state index contributed by atoms with van der Waals surface area (Å²) in [6, 6.07) is 17.2. The lowest BCUT2D eigenvalue weighted by Gasteiger charge is -2.40. The molecular weight excluding hydrogens is 314 g/mol. The fourth-order valence-electron chi connectivity index (χ4n) is 5.48. The highest BCUT2D eigenvalue weighted by Crippen LogP contribution is 2.42. The van der Waals surface area contributed by atoms with Crippen LogP contribution in [0, 0.1) is 5.92 Å². The normalized spacial score (nSPS) is 29.3. The van der Waals surface area contributed by atoms with Crippen molar-refractivity contribution in [2.75, 3.05) is 6.54 Å². The van der Waals surface area contributed by atoms with Crippen LogP contribution in [0.5, 0.6) is 0 Å². The van der Waals surface area contributed by atoms with E-state index < -0.39 is 0 Å². The molecule has 0 spiro atoms. The first-order valence-corrected chi connectivity index (χ1v) is 10.4. The third-order valence-electron chi connectivity index (χ3n) is 7.00. The SMILES string of the molecule is CC1CCCN1C1CCC2CC(c3ccc4ccccc4c3)=CC=C2C1. The van der Waals surface area contributed by atoms with Gasteiger partial charge in [0.2, 0.25) is 0 Å². The summed E-state index contributed by atoms with van der Waals surface area (Å²) in [6.07, 6.45) is 12.9. The van der Waals surface area contributed by atoms with E-state index in [2.05, 4.69) is 66.4 Å². The molecule has 3 atom stereocenters. The first-order chi connectivity index (χ1) is 12.8. The van der Waals surface area contributed by atoms with Gasteiger partial charge in [-0.1, -0.05) is 54.1 Å². The van der Waals surface area contributed by atoms with Gasteiger partial charge in [-0.3, -0.25) is 4.90 Å². The second-order valence-electron chi connectivity index (χ2n) is 8.56. The van der Waals surface area contributed by atoms with Crippen LogP contribution in [0.25, 0.3) is 16.3 Å². The first kappa shape index (κ1) is 16.3. The molecule has 5 rings (SSSR count). The molecule has 1 aliphatic heterocycles. The van der Waals surface area contributed by atoms with E-state index in [4.69, 9.17) is 0 Å². The lowest BCUT2D eigenvalue weighted by molar-refractivity contribution is 0.155. The van der Waals surface area contributed by atoms with Crippen LogP contribution in [-0.2, 0) is 0 Å². The Morgan fingerprint density at radius 1 is 0.885 bits per heavy atom. The van der Waals surface area contributed by atoms with Crippen molar-refractivity contribution in [1.29, 1.82) is 0 Å². The maximum atomic E-state index is 2.79. The molecule has 1 saturated carbocycles. The molecule has 0 bridgehead atoms. The Morgan fingerprint density at radius 3 is 2.62 bits per heavy atom. The summed E-state index contributed by atoms with van der Waals surface area (Å²) in [5, 5.41) is 2.69. The highest BCUT2D eigenvalue weighted by atomic mass is 15.2. The quantitative estimate of drug-likeness (QED) is 0.627. The number of allylic oxidation sites excluding steroid dienone is 3. The summed E-state index contributed by atoms with van der Waals surface area (Å²) in [7, 11) is 0. The minimum Gasteiger partial charge on any atom is -0.297 e. The predicted octanol–water partition coefficient (Wildman–Crippen LogP) is 6.21. The van der Waals surface area contributed by atoms with Crippen molar-refractivity contribution in [3.05, 3.63) is 65.8 Å². The first-order valence-electron chi connectivity index (χ1n) is 10.4. The van der Waals surface area contributed by atoms with Gasteiger partial charge in [0.1, 0.15) is 0 Å². The number of hydrogen-bond donors (Lipinski definition) is 0. The average molecular weight is 344 g/mol. The summed E-state index contributed by atoms with van der Waals surface area (Å²) in [5.41, 5.74) is 4.65. The van der Waals surface area contributed by atoms with Gasteiger partial charge in [-0.25, -0.2) is 0 Å². The van der Waals surface area contributed by atoms with E-state index in [9.17, 15) is 0 Å². The molecule has 1 nitrogen and oxygen atoms in total. The molecule has 1 heterocycles. The van der Waals surface area contributed by atoms with Crippen LogP contribution in [0.2, 0.25) is 0 Å². The van der Waals surface area contributed by atoms with E-state index in [0.29, 0.717) is 0 Å². The van der Waals surface area contributed by atoms with Crippen molar-refractivity contribution in [2.24, 2.45) is 5.92 Å². The monoisotopic (exact) mass is 343 g/mol. The Balaban J connectivity index is 1.38. The van der Waals surface area contributed by atoms with Crippen molar-refractivity contribution >= 4 is 16.3 Å². The highest BCUT2D eigenvalue weighted by molar-refractivity contribution is 5.86. The zero-order valence-corrected chi connectivity index (χ0v) is 15.8. The summed E-state index contributed by atoms with van der Waals surface area (Å²) < 4.78 is 0. The fraction of sp³-hybridized carbons (Fsp3) is 0.440. The van der Waals surface area contributed by atoms with Crippen molar-refractivity contribution in [2.45, 2.75) is 57.5 Å². The minimum atomic E-state index is 0.774. The molecule has 134 valence electrons. The fourth-order valence-corrected chi connectivity index (χ4v) is 5.48. The second kappa shape index (κ2) is 6.70. The number of benzene rings is 2. The molecule has 2 aromatic carbocycles. The van der Waals surface area contributed by atoms with E-state index in [1.807, 2.05) is 0 Å². The van der Waals surface area contributed by atoms with Crippen LogP contribution in [0.4, 0.5) is 0 Å². The number of fused-ring (bicyclic) bond motifs is 2. The van der Waals surface area contributed by atoms with Crippen LogP contribution in [0.1, 0.15) is 51.0 Å². The van der Waals surface area contributed by atoms with Gasteiger partial charge in [-0.05, 0) is 85.9 Å². The summed E-state index contributed by atoms with van der Waals surface area (Å²) >= 11 is 0. The second-order valence-corrected chi connectivity index (χ2v) is 8.56. The molecule has 2 aliphatic carbocycles. The number of rotatable bonds is 2. The Kier molecular flexibility index (Phi) is 4.21. The van der Waals surface area contributed by atoms with Gasteiger partial charge in [0.15, 0.2) is 0 Å². The number of hydrogen-bond acceptors (Lipinski definition) is 1. The smallest absolute Gasteiger partial charge is 0.0136 e. The molecule has 1 heteroatoms. The molecule has 26 heavy (non-hydrogen) atoms. The van der Waals surface area contributed by atoms with Crippen LogP contribution in [0.3, 0.4) is 0 Å². The molecule has 3 aliphatic rings. The van der Waals surface area contributed by atoms with Crippen LogP contribution >= 0.6 is 0 Å². The number of nitrogens with zero attached hydrogens (tertiary/aromatic N) is 1. The molecule has 3 unspecified atom stereocenters. The van der Waals surface area contributed by atoms with E-state index in [1.54, 1.807) is 5.57 Å². The minimum absolute atomic E-state index is 0.774. The summed E-state index contributed by atoms with van der Waals surface area (Å²) in [5.74, 6) is 0.774. The van der Waals surface area contributed by atoms with Gasteiger partial charge < -0.3 is 0 Å². The summed E-state index contributed by atoms with van der Waals surface area (Å²) in [6.45, 7) is 3.74. The maximum absolute atomic E-state index is 2.79. The third kappa shape index (κ3) is 2.93. The van der Waals surface area contributed by atoms with Gasteiger partial charge >= 0.3 is 0 Å². The van der Waals surface area contributed by atoms with Crippen LogP contribution in [-0.4, -0.2) is 23.5 Å². The van der Waals surface area contributed by atoms with E-state index in [1.165, 1.54) is 67.0 Å². The average Bonchev–Trinajstić information content (AvgIpc) is 3.12. The Labute approximate surface area is 157 Å². The molecule has 2 fully saturated rings. The van der Waals surface area contributed by atoms with E-state index in [0.717, 1.165) is 18.0 Å². The largest absolute Gasteiger partial charge is 0.297 e. The van der Waals surface area contributed by atoms with Crippen molar-refractivity contribution in [1.82, 2.24) is 4.90 Å². The molecule has 0 amide bonds. The van der Waals surface area contributed by atoms with Gasteiger partial charge in [0.05, 0.1) is 0 Å². The van der Waals surface area contributed by atoms with Crippen LogP contribution in [0.15, 0.2) is 60.2 Å². The van der Waals surface area contributed by atoms with Gasteiger partial charge in [-0.2, -0.15) is 0 Å². The van der Waals surface area contributed by atoms with E-state index in [-0.39, 0.29) is 0 Å². The van der Waals surface area contributed by atoms with Gasteiger partial charge in [0, 0.05) is 12.1 Å². The lowest BCUT2D eigenvalue weighted by Crippen LogP contribution is -2.41.